The highest BCUT2D eigenvalue weighted by Crippen LogP contribution is 2.26. The molecular formula is C14H14BrN3O2. The lowest BCUT2D eigenvalue weighted by atomic mass is 10.2. The summed E-state index contributed by atoms with van der Waals surface area (Å²) in [4.78, 5) is 25.2. The van der Waals surface area contributed by atoms with Gasteiger partial charge in [0.25, 0.3) is 5.91 Å². The molecule has 0 aromatic heterocycles. The molecule has 0 aliphatic carbocycles. The average molecular weight is 336 g/mol. The Bertz CT molecular complexity index is 595. The van der Waals surface area contributed by atoms with E-state index in [0.29, 0.717) is 22.3 Å². The Morgan fingerprint density at radius 3 is 2.85 bits per heavy atom. The van der Waals surface area contributed by atoms with Gasteiger partial charge in [0.15, 0.2) is 0 Å². The van der Waals surface area contributed by atoms with Crippen LogP contribution in [0.4, 0.5) is 5.69 Å². The highest BCUT2D eigenvalue weighted by atomic mass is 79.9. The number of carbonyl (C=O) groups is 2. The van der Waals surface area contributed by atoms with Crippen molar-refractivity contribution < 1.29 is 9.59 Å². The monoisotopic (exact) mass is 335 g/mol. The maximum atomic E-state index is 12.1. The minimum absolute atomic E-state index is 0.140. The number of hydrogen-bond acceptors (Lipinski definition) is 4. The predicted octanol–water partition coefficient (Wildman–Crippen LogP) is 2.27. The maximum Gasteiger partial charge on any atom is 0.252 e. The Labute approximate surface area is 125 Å². The molecule has 1 heterocycles. The summed E-state index contributed by atoms with van der Waals surface area (Å²) in [5.41, 5.74) is 1.23. The van der Waals surface area contributed by atoms with Crippen molar-refractivity contribution >= 4 is 33.4 Å². The highest BCUT2D eigenvalue weighted by Gasteiger charge is 2.38. The van der Waals surface area contributed by atoms with Crippen LogP contribution >= 0.6 is 15.9 Å². The second kappa shape index (κ2) is 6.06. The number of rotatable bonds is 4. The van der Waals surface area contributed by atoms with Gasteiger partial charge < -0.3 is 5.32 Å². The first-order chi connectivity index (χ1) is 9.56. The van der Waals surface area contributed by atoms with Crippen LogP contribution in [0.3, 0.4) is 0 Å². The van der Waals surface area contributed by atoms with E-state index in [1.165, 1.54) is 4.90 Å². The quantitative estimate of drug-likeness (QED) is 0.856. The second-order valence-electron chi connectivity index (χ2n) is 4.59. The number of nitrogens with zero attached hydrogens (tertiary/aromatic N) is 2. The highest BCUT2D eigenvalue weighted by molar-refractivity contribution is 9.10. The Balaban J connectivity index is 2.13. The van der Waals surface area contributed by atoms with Gasteiger partial charge in [-0.1, -0.05) is 6.92 Å². The van der Waals surface area contributed by atoms with Crippen LogP contribution in [0, 0.1) is 11.3 Å². The Kier molecular flexibility index (Phi) is 4.40. The summed E-state index contributed by atoms with van der Waals surface area (Å²) in [5.74, 6) is -0.327. The zero-order valence-electron chi connectivity index (χ0n) is 11.0. The molecule has 2 rings (SSSR count). The molecule has 0 saturated carbocycles. The van der Waals surface area contributed by atoms with Gasteiger partial charge in [-0.2, -0.15) is 5.26 Å². The number of anilines is 1. The van der Waals surface area contributed by atoms with Crippen molar-refractivity contribution in [1.82, 2.24) is 4.90 Å². The molecule has 6 heteroatoms. The first-order valence-corrected chi connectivity index (χ1v) is 7.16. The van der Waals surface area contributed by atoms with Crippen molar-refractivity contribution in [1.29, 1.82) is 5.26 Å². The van der Waals surface area contributed by atoms with Crippen LogP contribution in [0.2, 0.25) is 0 Å². The summed E-state index contributed by atoms with van der Waals surface area (Å²) >= 11 is 3.35. The van der Waals surface area contributed by atoms with Crippen molar-refractivity contribution in [2.24, 2.45) is 0 Å². The molecule has 104 valence electrons. The molecule has 20 heavy (non-hydrogen) atoms. The van der Waals surface area contributed by atoms with Gasteiger partial charge in [-0.3, -0.25) is 14.5 Å². The zero-order chi connectivity index (χ0) is 14.7. The predicted molar refractivity (Wildman–Crippen MR) is 77.9 cm³/mol. The summed E-state index contributed by atoms with van der Waals surface area (Å²) in [5, 5.41) is 11.9. The van der Waals surface area contributed by atoms with Crippen LogP contribution in [0.25, 0.3) is 0 Å². The third-order valence-corrected chi connectivity index (χ3v) is 3.78. The first kappa shape index (κ1) is 14.5. The minimum atomic E-state index is -0.529. The van der Waals surface area contributed by atoms with E-state index in [1.54, 1.807) is 18.2 Å². The lowest BCUT2D eigenvalue weighted by Gasteiger charge is -2.16. The van der Waals surface area contributed by atoms with Crippen LogP contribution < -0.4 is 5.32 Å². The lowest BCUT2D eigenvalue weighted by Crippen LogP contribution is -2.35. The first-order valence-electron chi connectivity index (χ1n) is 6.37. The van der Waals surface area contributed by atoms with Crippen molar-refractivity contribution in [3.63, 3.8) is 0 Å². The number of halogens is 1. The molecule has 1 N–H and O–H groups in total. The van der Waals surface area contributed by atoms with E-state index >= 15 is 0 Å². The zero-order valence-corrected chi connectivity index (χ0v) is 12.6. The number of nitrogens with one attached hydrogen (secondary N) is 1. The van der Waals surface area contributed by atoms with E-state index in [0.717, 1.165) is 6.42 Å². The molecule has 1 aliphatic heterocycles. The number of hydrogen-bond donors (Lipinski definition) is 1. The van der Waals surface area contributed by atoms with Gasteiger partial charge in [0.05, 0.1) is 18.1 Å². The number of amides is 2. The number of imide groups is 1. The van der Waals surface area contributed by atoms with Gasteiger partial charge in [-0.05, 0) is 40.5 Å². The molecule has 1 fully saturated rings. The molecule has 1 unspecified atom stereocenters. The molecule has 1 aliphatic rings. The van der Waals surface area contributed by atoms with Gasteiger partial charge in [-0.25, -0.2) is 0 Å². The van der Waals surface area contributed by atoms with E-state index in [4.69, 9.17) is 5.26 Å². The van der Waals surface area contributed by atoms with E-state index in [2.05, 4.69) is 21.2 Å². The average Bonchev–Trinajstić information content (AvgIpc) is 2.69. The number of likely N-dealkylation sites (tertiary alicyclic amines) is 1. The van der Waals surface area contributed by atoms with Crippen LogP contribution in [0.15, 0.2) is 22.7 Å². The molecule has 1 saturated heterocycles. The molecule has 0 spiro atoms. The summed E-state index contributed by atoms with van der Waals surface area (Å²) in [6.07, 6.45) is 0.927. The fourth-order valence-corrected chi connectivity index (χ4v) is 2.64. The fraction of sp³-hybridized carbons (Fsp3) is 0.357. The minimum Gasteiger partial charge on any atom is -0.372 e. The smallest absolute Gasteiger partial charge is 0.252 e. The Hall–Kier alpha value is -1.87. The topological polar surface area (TPSA) is 73.2 Å². The lowest BCUT2D eigenvalue weighted by molar-refractivity contribution is -0.138. The van der Waals surface area contributed by atoms with Gasteiger partial charge in [0, 0.05) is 16.7 Å². The number of carbonyl (C=O) groups excluding carboxylic acids is 2. The molecule has 0 radical (unpaired) electrons. The van der Waals surface area contributed by atoms with Crippen LogP contribution in [-0.4, -0.2) is 29.3 Å². The van der Waals surface area contributed by atoms with Crippen molar-refractivity contribution in [3.8, 4) is 6.07 Å². The second-order valence-corrected chi connectivity index (χ2v) is 5.45. The van der Waals surface area contributed by atoms with Gasteiger partial charge >= 0.3 is 0 Å². The molecule has 1 aromatic rings. The summed E-state index contributed by atoms with van der Waals surface area (Å²) < 4.78 is 0.700. The van der Waals surface area contributed by atoms with Crippen LogP contribution in [-0.2, 0) is 9.59 Å². The molecule has 2 amide bonds. The normalized spacial score (nSPS) is 18.2. The number of nitriles is 1. The van der Waals surface area contributed by atoms with Gasteiger partial charge in [0.1, 0.15) is 6.04 Å². The van der Waals surface area contributed by atoms with E-state index in [9.17, 15) is 9.59 Å². The third-order valence-electron chi connectivity index (χ3n) is 3.12. The number of benzene rings is 1. The standard InChI is InChI=1S/C14H14BrN3O2/c1-2-5-18-13(19)7-12(14(18)20)17-11-4-3-9(8-16)6-10(11)15/h3-4,6,12,17H,2,5,7H2,1H3. The largest absolute Gasteiger partial charge is 0.372 e. The van der Waals surface area contributed by atoms with E-state index < -0.39 is 6.04 Å². The summed E-state index contributed by atoms with van der Waals surface area (Å²) in [7, 11) is 0. The van der Waals surface area contributed by atoms with Crippen LogP contribution in [0.5, 0.6) is 0 Å². The molecule has 0 bridgehead atoms. The third kappa shape index (κ3) is 2.83. The van der Waals surface area contributed by atoms with Gasteiger partial charge in [0.2, 0.25) is 5.91 Å². The fourth-order valence-electron chi connectivity index (χ4n) is 2.14. The molecule has 1 atom stereocenters. The molecule has 5 nitrogen and oxygen atoms in total. The van der Waals surface area contributed by atoms with Gasteiger partial charge in [-0.15, -0.1) is 0 Å². The van der Waals surface area contributed by atoms with E-state index in [-0.39, 0.29) is 18.2 Å². The van der Waals surface area contributed by atoms with E-state index in [1.807, 2.05) is 13.0 Å². The molecule has 1 aromatic carbocycles. The Morgan fingerprint density at radius 2 is 2.25 bits per heavy atom. The summed E-state index contributed by atoms with van der Waals surface area (Å²) in [6, 6.07) is 6.58. The Morgan fingerprint density at radius 1 is 1.50 bits per heavy atom. The molecular weight excluding hydrogens is 322 g/mol. The van der Waals surface area contributed by atoms with Crippen molar-refractivity contribution in [3.05, 3.63) is 28.2 Å². The van der Waals surface area contributed by atoms with Crippen LogP contribution in [0.1, 0.15) is 25.3 Å². The summed E-state index contributed by atoms with van der Waals surface area (Å²) in [6.45, 7) is 2.39. The maximum absolute atomic E-state index is 12.1. The SMILES string of the molecule is CCCN1C(=O)CC(Nc2ccc(C#N)cc2Br)C1=O. The van der Waals surface area contributed by atoms with Crippen molar-refractivity contribution in [2.45, 2.75) is 25.8 Å². The van der Waals surface area contributed by atoms with Crippen molar-refractivity contribution in [2.75, 3.05) is 11.9 Å².